The SMILES string of the molecule is O=C(CO)CCCCCC(=O)c1csc(-c2cccs2)n1. The molecule has 0 aliphatic carbocycles. The van der Waals surface area contributed by atoms with Crippen molar-refractivity contribution in [1.29, 1.82) is 0 Å². The van der Waals surface area contributed by atoms with E-state index < -0.39 is 0 Å². The predicted octanol–water partition coefficient (Wildman–Crippen LogP) is 3.57. The van der Waals surface area contributed by atoms with Crippen molar-refractivity contribution in [2.75, 3.05) is 6.61 Å². The van der Waals surface area contributed by atoms with Crippen LogP contribution in [-0.4, -0.2) is 28.3 Å². The number of unbranched alkanes of at least 4 members (excludes halogenated alkanes) is 2. The van der Waals surface area contributed by atoms with Gasteiger partial charge in [-0.1, -0.05) is 12.5 Å². The number of rotatable bonds is 9. The average molecular weight is 323 g/mol. The normalized spacial score (nSPS) is 10.7. The largest absolute Gasteiger partial charge is 0.389 e. The fraction of sp³-hybridized carbons (Fsp3) is 0.400. The number of ketones is 2. The molecule has 2 aromatic rings. The Hall–Kier alpha value is -1.37. The summed E-state index contributed by atoms with van der Waals surface area (Å²) in [5.74, 6) is -0.0797. The van der Waals surface area contributed by atoms with Gasteiger partial charge in [0.15, 0.2) is 11.6 Å². The van der Waals surface area contributed by atoms with Gasteiger partial charge in [-0.3, -0.25) is 9.59 Å². The lowest BCUT2D eigenvalue weighted by Crippen LogP contribution is -2.03. The number of aromatic nitrogens is 1. The predicted molar refractivity (Wildman–Crippen MR) is 84.9 cm³/mol. The van der Waals surface area contributed by atoms with Gasteiger partial charge in [0.2, 0.25) is 0 Å². The maximum absolute atomic E-state index is 12.0. The van der Waals surface area contributed by atoms with Crippen LogP contribution in [0.25, 0.3) is 9.88 Å². The van der Waals surface area contributed by atoms with Gasteiger partial charge in [0, 0.05) is 18.2 Å². The van der Waals surface area contributed by atoms with Crippen molar-refractivity contribution in [1.82, 2.24) is 4.98 Å². The summed E-state index contributed by atoms with van der Waals surface area (Å²) in [4.78, 5) is 28.4. The Labute approximate surface area is 131 Å². The summed E-state index contributed by atoms with van der Waals surface area (Å²) in [5.41, 5.74) is 0.537. The first kappa shape index (κ1) is 16.0. The first-order valence-electron chi connectivity index (χ1n) is 6.86. The molecule has 2 aromatic heterocycles. The van der Waals surface area contributed by atoms with Gasteiger partial charge in [-0.15, -0.1) is 22.7 Å². The zero-order valence-electron chi connectivity index (χ0n) is 11.6. The summed E-state index contributed by atoms with van der Waals surface area (Å²) in [7, 11) is 0. The first-order chi connectivity index (χ1) is 10.2. The fourth-order valence-corrected chi connectivity index (χ4v) is 3.55. The van der Waals surface area contributed by atoms with E-state index in [1.807, 2.05) is 22.9 Å². The number of thiazole rings is 1. The van der Waals surface area contributed by atoms with E-state index in [0.717, 1.165) is 29.1 Å². The molecule has 0 bridgehead atoms. The minimum Gasteiger partial charge on any atom is -0.389 e. The second kappa shape index (κ2) is 8.17. The quantitative estimate of drug-likeness (QED) is 0.566. The van der Waals surface area contributed by atoms with Crippen molar-refractivity contribution < 1.29 is 14.7 Å². The second-order valence-electron chi connectivity index (χ2n) is 4.70. The van der Waals surface area contributed by atoms with E-state index in [-0.39, 0.29) is 18.2 Å². The smallest absolute Gasteiger partial charge is 0.182 e. The molecule has 0 spiro atoms. The van der Waals surface area contributed by atoms with E-state index in [9.17, 15) is 9.59 Å². The Morgan fingerprint density at radius 1 is 1.14 bits per heavy atom. The summed E-state index contributed by atoms with van der Waals surface area (Å²) in [6, 6.07) is 3.96. The van der Waals surface area contributed by atoms with Gasteiger partial charge < -0.3 is 5.11 Å². The number of thiophene rings is 1. The molecule has 2 rings (SSSR count). The zero-order chi connectivity index (χ0) is 15.1. The highest BCUT2D eigenvalue weighted by Gasteiger charge is 2.12. The Morgan fingerprint density at radius 2 is 1.95 bits per heavy atom. The summed E-state index contributed by atoms with van der Waals surface area (Å²) < 4.78 is 0. The summed E-state index contributed by atoms with van der Waals surface area (Å²) in [6.07, 6.45) is 3.15. The summed E-state index contributed by atoms with van der Waals surface area (Å²) in [5, 5.41) is 13.3. The molecule has 21 heavy (non-hydrogen) atoms. The van der Waals surface area contributed by atoms with Crippen LogP contribution in [0.1, 0.15) is 42.6 Å². The van der Waals surface area contributed by atoms with Crippen molar-refractivity contribution >= 4 is 34.2 Å². The second-order valence-corrected chi connectivity index (χ2v) is 6.50. The Bertz CT molecular complexity index is 590. The Balaban J connectivity index is 1.75. The molecule has 0 fully saturated rings. The number of nitrogens with zero attached hydrogens (tertiary/aromatic N) is 1. The number of aliphatic hydroxyl groups excluding tert-OH is 1. The summed E-state index contributed by atoms with van der Waals surface area (Å²) >= 11 is 3.11. The lowest BCUT2D eigenvalue weighted by molar-refractivity contribution is -0.121. The highest BCUT2D eigenvalue weighted by molar-refractivity contribution is 7.20. The number of Topliss-reactive ketones (excluding diaryl/α,β-unsaturated/α-hetero) is 2. The average Bonchev–Trinajstić information content (AvgIpc) is 3.16. The molecule has 0 radical (unpaired) electrons. The maximum Gasteiger partial charge on any atom is 0.182 e. The van der Waals surface area contributed by atoms with E-state index in [1.165, 1.54) is 11.3 Å². The number of hydrogen-bond donors (Lipinski definition) is 1. The van der Waals surface area contributed by atoms with Crippen molar-refractivity contribution in [3.05, 3.63) is 28.6 Å². The van der Waals surface area contributed by atoms with Crippen molar-refractivity contribution in [2.45, 2.75) is 32.1 Å². The van der Waals surface area contributed by atoms with Gasteiger partial charge in [0.05, 0.1) is 4.88 Å². The molecule has 0 atom stereocenters. The van der Waals surface area contributed by atoms with Crippen LogP contribution in [0.3, 0.4) is 0 Å². The molecule has 0 aliphatic rings. The highest BCUT2D eigenvalue weighted by Crippen LogP contribution is 2.28. The third-order valence-corrected chi connectivity index (χ3v) is 4.94. The van der Waals surface area contributed by atoms with Crippen LogP contribution in [0.4, 0.5) is 0 Å². The number of carbonyl (C=O) groups excluding carboxylic acids is 2. The third kappa shape index (κ3) is 4.84. The molecule has 0 amide bonds. The molecule has 6 heteroatoms. The van der Waals surface area contributed by atoms with Crippen LogP contribution in [-0.2, 0) is 4.79 Å². The molecule has 0 saturated carbocycles. The first-order valence-corrected chi connectivity index (χ1v) is 8.62. The third-order valence-electron chi connectivity index (χ3n) is 3.06. The molecule has 112 valence electrons. The van der Waals surface area contributed by atoms with E-state index >= 15 is 0 Å². The van der Waals surface area contributed by atoms with Gasteiger partial charge in [0.25, 0.3) is 0 Å². The van der Waals surface area contributed by atoms with E-state index in [2.05, 4.69) is 4.98 Å². The Kier molecular flexibility index (Phi) is 6.22. The topological polar surface area (TPSA) is 67.3 Å². The van der Waals surface area contributed by atoms with Crippen LogP contribution in [0.15, 0.2) is 22.9 Å². The standard InChI is InChI=1S/C15H17NO3S2/c17-9-11(18)5-2-1-3-6-13(19)12-10-21-15(16-12)14-7-4-8-20-14/h4,7-8,10,17H,1-3,5-6,9H2. The van der Waals surface area contributed by atoms with Crippen LogP contribution < -0.4 is 0 Å². The van der Waals surface area contributed by atoms with Crippen molar-refractivity contribution in [2.24, 2.45) is 0 Å². The summed E-state index contributed by atoms with van der Waals surface area (Å²) in [6.45, 7) is -0.386. The van der Waals surface area contributed by atoms with Gasteiger partial charge in [0.1, 0.15) is 17.3 Å². The van der Waals surface area contributed by atoms with Gasteiger partial charge in [-0.05, 0) is 24.3 Å². The molecule has 2 heterocycles. The molecule has 0 aliphatic heterocycles. The van der Waals surface area contributed by atoms with Crippen LogP contribution in [0.5, 0.6) is 0 Å². The minimum absolute atomic E-state index is 0.0579. The molecular formula is C15H17NO3S2. The van der Waals surface area contributed by atoms with Gasteiger partial charge >= 0.3 is 0 Å². The van der Waals surface area contributed by atoms with E-state index in [4.69, 9.17) is 5.11 Å². The maximum atomic E-state index is 12.0. The fourth-order valence-electron chi connectivity index (χ4n) is 1.91. The van der Waals surface area contributed by atoms with Crippen molar-refractivity contribution in [3.63, 3.8) is 0 Å². The van der Waals surface area contributed by atoms with E-state index in [0.29, 0.717) is 18.5 Å². The van der Waals surface area contributed by atoms with Crippen LogP contribution in [0, 0.1) is 0 Å². The molecule has 4 nitrogen and oxygen atoms in total. The Morgan fingerprint density at radius 3 is 2.67 bits per heavy atom. The zero-order valence-corrected chi connectivity index (χ0v) is 13.2. The molecule has 0 unspecified atom stereocenters. The number of aliphatic hydroxyl groups is 1. The number of carbonyl (C=O) groups is 2. The number of hydrogen-bond acceptors (Lipinski definition) is 6. The lowest BCUT2D eigenvalue weighted by Gasteiger charge is -1.99. The van der Waals surface area contributed by atoms with Crippen molar-refractivity contribution in [3.8, 4) is 9.88 Å². The monoisotopic (exact) mass is 323 g/mol. The highest BCUT2D eigenvalue weighted by atomic mass is 32.1. The molecular weight excluding hydrogens is 306 g/mol. The molecule has 1 N–H and O–H groups in total. The van der Waals surface area contributed by atoms with Crippen LogP contribution >= 0.6 is 22.7 Å². The van der Waals surface area contributed by atoms with E-state index in [1.54, 1.807) is 11.3 Å². The minimum atomic E-state index is -0.386. The van der Waals surface area contributed by atoms with Crippen LogP contribution in [0.2, 0.25) is 0 Å². The lowest BCUT2D eigenvalue weighted by atomic mass is 10.1. The molecule has 0 saturated heterocycles. The van der Waals surface area contributed by atoms with Gasteiger partial charge in [-0.2, -0.15) is 0 Å². The van der Waals surface area contributed by atoms with Gasteiger partial charge in [-0.25, -0.2) is 4.98 Å². The molecule has 0 aromatic carbocycles.